The van der Waals surface area contributed by atoms with Crippen molar-refractivity contribution in [2.24, 2.45) is 11.8 Å². The lowest BCUT2D eigenvalue weighted by Crippen LogP contribution is -2.62. The van der Waals surface area contributed by atoms with Crippen LogP contribution in [-0.4, -0.2) is 59.6 Å². The Bertz CT molecular complexity index is 438. The summed E-state index contributed by atoms with van der Waals surface area (Å²) >= 11 is 0. The van der Waals surface area contributed by atoms with Gasteiger partial charge in [0.05, 0.1) is 0 Å². The van der Waals surface area contributed by atoms with Gasteiger partial charge in [0, 0.05) is 26.2 Å². The molecule has 0 aliphatic carbocycles. The maximum absolute atomic E-state index is 14.2. The second-order valence-corrected chi connectivity index (χ2v) is 7.10. The van der Waals surface area contributed by atoms with E-state index in [0.29, 0.717) is 25.7 Å². The van der Waals surface area contributed by atoms with Crippen LogP contribution in [0.2, 0.25) is 0 Å². The fourth-order valence-electron chi connectivity index (χ4n) is 3.09. The molecule has 0 radical (unpaired) electrons. The van der Waals surface area contributed by atoms with E-state index >= 15 is 0 Å². The van der Waals surface area contributed by atoms with Gasteiger partial charge in [0.25, 0.3) is 11.8 Å². The number of nitrogens with zero attached hydrogens (tertiary/aromatic N) is 2. The fourth-order valence-corrected chi connectivity index (χ4v) is 3.09. The van der Waals surface area contributed by atoms with Crippen molar-refractivity contribution < 1.29 is 27.2 Å². The number of alkyl halides is 4. The minimum atomic E-state index is -5.02. The van der Waals surface area contributed by atoms with Crippen LogP contribution in [0.25, 0.3) is 0 Å². The van der Waals surface area contributed by atoms with Crippen LogP contribution in [0.1, 0.15) is 39.5 Å². The first-order valence-electron chi connectivity index (χ1n) is 8.41. The van der Waals surface area contributed by atoms with Crippen molar-refractivity contribution in [2.75, 3.05) is 26.2 Å². The molecular formula is C16H24F4N2O2. The summed E-state index contributed by atoms with van der Waals surface area (Å²) in [5.41, 5.74) is 0. The minimum absolute atomic E-state index is 0.0150. The Morgan fingerprint density at radius 2 is 0.958 bits per heavy atom. The minimum Gasteiger partial charge on any atom is -0.337 e. The zero-order chi connectivity index (χ0) is 18.1. The van der Waals surface area contributed by atoms with E-state index < -0.39 is 23.7 Å². The highest BCUT2D eigenvalue weighted by Crippen LogP contribution is 2.39. The van der Waals surface area contributed by atoms with Crippen molar-refractivity contribution >= 4 is 11.8 Å². The molecule has 0 aromatic rings. The van der Waals surface area contributed by atoms with Gasteiger partial charge in [-0.25, -0.2) is 0 Å². The second-order valence-electron chi connectivity index (χ2n) is 7.10. The number of hydrogen-bond donors (Lipinski definition) is 0. The van der Waals surface area contributed by atoms with Gasteiger partial charge in [-0.3, -0.25) is 9.59 Å². The van der Waals surface area contributed by atoms with Crippen LogP contribution in [0, 0.1) is 11.8 Å². The highest BCUT2D eigenvalue weighted by atomic mass is 19.3. The molecule has 2 fully saturated rings. The van der Waals surface area contributed by atoms with Crippen LogP contribution in [0.4, 0.5) is 17.6 Å². The van der Waals surface area contributed by atoms with Crippen LogP contribution >= 0.6 is 0 Å². The van der Waals surface area contributed by atoms with Crippen LogP contribution in [0.5, 0.6) is 0 Å². The summed E-state index contributed by atoms with van der Waals surface area (Å²) in [7, 11) is 0. The maximum Gasteiger partial charge on any atom is 0.395 e. The van der Waals surface area contributed by atoms with Crippen molar-refractivity contribution in [1.82, 2.24) is 9.80 Å². The monoisotopic (exact) mass is 352 g/mol. The van der Waals surface area contributed by atoms with Crippen LogP contribution < -0.4 is 0 Å². The SMILES string of the molecule is CC1CCN(C(=O)C(F)(F)C(F)(F)C(=O)N2CCC(C)CC2)CC1. The van der Waals surface area contributed by atoms with Crippen LogP contribution in [-0.2, 0) is 9.59 Å². The van der Waals surface area contributed by atoms with Gasteiger partial charge in [-0.15, -0.1) is 0 Å². The quantitative estimate of drug-likeness (QED) is 0.733. The van der Waals surface area contributed by atoms with Crippen molar-refractivity contribution in [3.8, 4) is 0 Å². The molecule has 2 heterocycles. The molecule has 0 unspecified atom stereocenters. The van der Waals surface area contributed by atoms with Crippen molar-refractivity contribution in [2.45, 2.75) is 51.4 Å². The van der Waals surface area contributed by atoms with Crippen LogP contribution in [0.15, 0.2) is 0 Å². The predicted molar refractivity (Wildman–Crippen MR) is 79.9 cm³/mol. The molecule has 24 heavy (non-hydrogen) atoms. The van der Waals surface area contributed by atoms with Gasteiger partial charge in [0.15, 0.2) is 0 Å². The standard InChI is InChI=1S/C16H24F4N2O2/c1-11-3-7-21(8-4-11)13(23)15(17,18)16(19,20)14(24)22-9-5-12(2)6-10-22/h11-12H,3-10H2,1-2H3. The number of amides is 2. The van der Waals surface area contributed by atoms with E-state index in [0.717, 1.165) is 9.80 Å². The summed E-state index contributed by atoms with van der Waals surface area (Å²) in [5.74, 6) is -13.4. The molecule has 2 aliphatic rings. The van der Waals surface area contributed by atoms with E-state index in [-0.39, 0.29) is 38.0 Å². The van der Waals surface area contributed by atoms with E-state index in [4.69, 9.17) is 0 Å². The molecule has 0 N–H and O–H groups in total. The molecule has 2 rings (SSSR count). The van der Waals surface area contributed by atoms with E-state index in [2.05, 4.69) is 0 Å². The summed E-state index contributed by atoms with van der Waals surface area (Å²) in [4.78, 5) is 25.4. The first-order chi connectivity index (χ1) is 11.1. The first kappa shape index (κ1) is 19.0. The summed E-state index contributed by atoms with van der Waals surface area (Å²) in [6.07, 6.45) is 1.97. The highest BCUT2D eigenvalue weighted by molar-refractivity contribution is 5.95. The summed E-state index contributed by atoms with van der Waals surface area (Å²) in [6.45, 7) is 3.88. The molecule has 2 amide bonds. The first-order valence-corrected chi connectivity index (χ1v) is 8.41. The average molecular weight is 352 g/mol. The van der Waals surface area contributed by atoms with Gasteiger partial charge in [0.2, 0.25) is 0 Å². The van der Waals surface area contributed by atoms with Crippen LogP contribution in [0.3, 0.4) is 0 Å². The fraction of sp³-hybridized carbons (Fsp3) is 0.875. The largest absolute Gasteiger partial charge is 0.395 e. The van der Waals surface area contributed by atoms with Crippen molar-refractivity contribution in [3.05, 3.63) is 0 Å². The predicted octanol–water partition coefficient (Wildman–Crippen LogP) is 2.77. The number of carbonyl (C=O) groups excluding carboxylic acids is 2. The zero-order valence-corrected chi connectivity index (χ0v) is 14.0. The number of likely N-dealkylation sites (tertiary alicyclic amines) is 2. The number of piperidine rings is 2. The summed E-state index contributed by atoms with van der Waals surface area (Å²) in [6, 6.07) is 0. The topological polar surface area (TPSA) is 40.6 Å². The number of carbonyl (C=O) groups is 2. The Kier molecular flexibility index (Phi) is 5.44. The van der Waals surface area contributed by atoms with Gasteiger partial charge < -0.3 is 9.80 Å². The Hall–Kier alpha value is -1.34. The van der Waals surface area contributed by atoms with E-state index in [1.165, 1.54) is 0 Å². The number of hydrogen-bond acceptors (Lipinski definition) is 2. The van der Waals surface area contributed by atoms with Gasteiger partial charge in [0.1, 0.15) is 0 Å². The Labute approximate surface area is 139 Å². The summed E-state index contributed by atoms with van der Waals surface area (Å²) in [5, 5.41) is 0. The molecule has 0 aromatic heterocycles. The van der Waals surface area contributed by atoms with E-state index in [1.54, 1.807) is 0 Å². The van der Waals surface area contributed by atoms with E-state index in [1.807, 2.05) is 13.8 Å². The Morgan fingerprint density at radius 3 is 1.21 bits per heavy atom. The lowest BCUT2D eigenvalue weighted by molar-refractivity contribution is -0.224. The van der Waals surface area contributed by atoms with Gasteiger partial charge in [-0.05, 0) is 37.5 Å². The third-order valence-electron chi connectivity index (χ3n) is 5.07. The molecule has 0 atom stereocenters. The molecule has 138 valence electrons. The molecule has 4 nitrogen and oxygen atoms in total. The highest BCUT2D eigenvalue weighted by Gasteiger charge is 2.68. The third-order valence-corrected chi connectivity index (χ3v) is 5.07. The van der Waals surface area contributed by atoms with E-state index in [9.17, 15) is 27.2 Å². The smallest absolute Gasteiger partial charge is 0.337 e. The normalized spacial score (nSPS) is 21.9. The molecule has 0 spiro atoms. The lowest BCUT2D eigenvalue weighted by atomic mass is 9.97. The van der Waals surface area contributed by atoms with Gasteiger partial charge in [-0.1, -0.05) is 13.8 Å². The maximum atomic E-state index is 14.2. The molecule has 0 aromatic carbocycles. The Morgan fingerprint density at radius 1 is 0.708 bits per heavy atom. The molecule has 2 saturated heterocycles. The lowest BCUT2D eigenvalue weighted by Gasteiger charge is -2.37. The third kappa shape index (κ3) is 3.52. The molecular weight excluding hydrogens is 328 g/mol. The van der Waals surface area contributed by atoms with Gasteiger partial charge >= 0.3 is 11.8 Å². The molecule has 0 bridgehead atoms. The van der Waals surface area contributed by atoms with Gasteiger partial charge in [-0.2, -0.15) is 17.6 Å². The average Bonchev–Trinajstić information content (AvgIpc) is 2.54. The summed E-state index contributed by atoms with van der Waals surface area (Å²) < 4.78 is 56.7. The van der Waals surface area contributed by atoms with Crippen molar-refractivity contribution in [1.29, 1.82) is 0 Å². The number of rotatable bonds is 3. The second kappa shape index (κ2) is 6.88. The zero-order valence-electron chi connectivity index (χ0n) is 14.0. The molecule has 2 aliphatic heterocycles. The van der Waals surface area contributed by atoms with Crippen molar-refractivity contribution in [3.63, 3.8) is 0 Å². The molecule has 8 heteroatoms. The molecule has 0 saturated carbocycles. The Balaban J connectivity index is 2.10. The number of halogens is 4.